The molecule has 0 saturated heterocycles. The number of rotatable bonds is 17. The van der Waals surface area contributed by atoms with E-state index < -0.39 is 11.6 Å². The number of carbonyl (C=O) groups excluding carboxylic acids is 1. The van der Waals surface area contributed by atoms with Crippen LogP contribution in [0.1, 0.15) is 0 Å². The number of nitrogen functional groups attached to an aromatic ring is 1. The van der Waals surface area contributed by atoms with Crippen molar-refractivity contribution in [1.82, 2.24) is 95.9 Å². The molecule has 660 valence electrons. The van der Waals surface area contributed by atoms with Crippen molar-refractivity contribution in [3.8, 4) is 67.0 Å². The van der Waals surface area contributed by atoms with Crippen molar-refractivity contribution in [2.24, 2.45) is 0 Å². The number of tetrazole rings is 1. The van der Waals surface area contributed by atoms with Gasteiger partial charge >= 0.3 is 6.03 Å². The minimum atomic E-state index is -0.453. The van der Waals surface area contributed by atoms with Gasteiger partial charge in [0.2, 0.25) is 11.8 Å². The summed E-state index contributed by atoms with van der Waals surface area (Å²) in [7, 11) is 1.58. The Morgan fingerprint density at radius 3 is 1.18 bits per heavy atom. The summed E-state index contributed by atoms with van der Waals surface area (Å²) in [5, 5.41) is 50.7. The molecule has 0 fully saturated rings. The van der Waals surface area contributed by atoms with Gasteiger partial charge in [-0.3, -0.25) is 45.0 Å². The van der Waals surface area contributed by atoms with Gasteiger partial charge in [-0.05, 0) is 220 Å². The zero-order valence-electron chi connectivity index (χ0n) is 70.7. The van der Waals surface area contributed by atoms with Crippen LogP contribution < -0.4 is 43.0 Å². The Morgan fingerprint density at radius 1 is 0.356 bits per heavy atom. The number of nitrogens with two attached hydrogens (primary N) is 1. The number of carbonyl (C=O) groups is 1. The molecular weight excluding hydrogens is 1810 g/mol. The predicted molar refractivity (Wildman–Crippen MR) is 536 cm³/mol. The Balaban J connectivity index is 0.000000113. The second kappa shape index (κ2) is 40.9. The number of hydrogen-bond acceptors (Lipinski definition) is 22. The minimum Gasteiger partial charge on any atom is -0.368 e. The monoisotopic (exact) mass is 1880 g/mol. The first kappa shape index (κ1) is 88.5. The largest absolute Gasteiger partial charge is 0.368 e. The summed E-state index contributed by atoms with van der Waals surface area (Å²) >= 11 is 29.9. The van der Waals surface area contributed by atoms with Crippen LogP contribution in [0.15, 0.2) is 342 Å². The lowest BCUT2D eigenvalue weighted by atomic mass is 10.0. The fraction of sp³-hybridized carbons (Fsp3) is 0.00990. The summed E-state index contributed by atoms with van der Waals surface area (Å²) in [5.74, 6) is -0.105. The number of anilines is 12. The van der Waals surface area contributed by atoms with E-state index in [1.54, 1.807) is 118 Å². The van der Waals surface area contributed by atoms with Gasteiger partial charge in [0.15, 0.2) is 0 Å². The van der Waals surface area contributed by atoms with E-state index >= 15 is 0 Å². The van der Waals surface area contributed by atoms with Crippen LogP contribution in [0, 0.1) is 11.6 Å². The molecule has 27 nitrogen and oxygen atoms in total. The van der Waals surface area contributed by atoms with Crippen LogP contribution in [0.2, 0.25) is 25.1 Å². The van der Waals surface area contributed by atoms with Crippen molar-refractivity contribution in [1.29, 1.82) is 0 Å². The number of nitrogens with one attached hydrogen (secondary N) is 10. The molecule has 22 aromatic rings. The Bertz CT molecular complexity index is 8050. The number of aromatic nitrogens is 18. The molecule has 0 aliphatic carbocycles. The number of fused-ring (bicyclic) bond motifs is 6. The Morgan fingerprint density at radius 2 is 0.756 bits per heavy atom. The standard InChI is InChI=1S/C22H14ClFN6.C22H18ClN5O.C21H14ClN5.C18H12ClFN4.C18H13ClN6/c23-18-12-16(5-6-19(18)24)26-21-8-9-25-20-7-4-14(11-17(20)21)13-2-1-3-15(10-13)22-27-29-30-28-22;1-24-22(29)28-17-5-2-14(3-6-17)15-4-7-20-19(10-15)21(8-9-26-20)27-18-11-16(23)12-25-13-18;22-16-9-17(12-23-11-16)27-20-4-6-24-19-2-1-13(8-18(19)20)15-7-14-3-5-25-21(14)26-10-15;19-15-8-13(2-3-16(15)20)24-18-5-6-21-17-4-1-11(7-14(17)18)12-9-22-23-10-12;19-13-6-14(10-21-9-13)25-17-3-4-22-16-2-1-11(5-15(16)17)12-7-23-18(20)24-8-12/h1-12H,(H,25,26)(H,27,28,29,30);2-13H,1H3,(H,26,27)(H2,24,28,29);1-12H,(H,24,27)(H,25,26);1-10H,(H,21,24)(H,22,23);1-10H,(H,22,25)(H2,20,23,24). The lowest BCUT2D eigenvalue weighted by molar-refractivity contribution is 0.254. The maximum Gasteiger partial charge on any atom is 0.318 e. The van der Waals surface area contributed by atoms with Crippen molar-refractivity contribution < 1.29 is 13.6 Å². The molecule has 34 heteroatoms. The molecule has 22 rings (SSSR count). The van der Waals surface area contributed by atoms with Crippen molar-refractivity contribution in [2.45, 2.75) is 0 Å². The minimum absolute atomic E-state index is 0.0670. The van der Waals surface area contributed by atoms with Crippen molar-refractivity contribution >= 4 is 198 Å². The normalized spacial score (nSPS) is 10.9. The highest BCUT2D eigenvalue weighted by Crippen LogP contribution is 2.39. The first-order chi connectivity index (χ1) is 65.9. The molecule has 0 aliphatic heterocycles. The summed E-state index contributed by atoms with van der Waals surface area (Å²) in [6.45, 7) is 0. The van der Waals surface area contributed by atoms with Gasteiger partial charge in [-0.15, -0.1) is 10.2 Å². The number of urea groups is 1. The van der Waals surface area contributed by atoms with Gasteiger partial charge in [-0.2, -0.15) is 10.3 Å². The fourth-order valence-electron chi connectivity index (χ4n) is 14.6. The van der Waals surface area contributed by atoms with Crippen LogP contribution in [-0.2, 0) is 0 Å². The van der Waals surface area contributed by atoms with Gasteiger partial charge in [0.25, 0.3) is 0 Å². The third-order valence-electron chi connectivity index (χ3n) is 21.1. The van der Waals surface area contributed by atoms with Crippen molar-refractivity contribution in [3.05, 3.63) is 379 Å². The fourth-order valence-corrected chi connectivity index (χ4v) is 15.5. The number of nitrogens with zero attached hydrogens (tertiary/aromatic N) is 15. The molecule has 13 heterocycles. The lowest BCUT2D eigenvalue weighted by Gasteiger charge is -2.12. The average molecular weight is 1880 g/mol. The van der Waals surface area contributed by atoms with E-state index in [0.717, 1.165) is 178 Å². The highest BCUT2D eigenvalue weighted by molar-refractivity contribution is 6.32. The van der Waals surface area contributed by atoms with Gasteiger partial charge in [-0.25, -0.2) is 28.5 Å². The van der Waals surface area contributed by atoms with E-state index in [0.29, 0.717) is 32.3 Å². The van der Waals surface area contributed by atoms with Crippen LogP contribution in [0.3, 0.4) is 0 Å². The lowest BCUT2D eigenvalue weighted by Crippen LogP contribution is -2.24. The van der Waals surface area contributed by atoms with Gasteiger partial charge in [0.05, 0.1) is 94.5 Å². The second-order valence-electron chi connectivity index (χ2n) is 30.1. The van der Waals surface area contributed by atoms with E-state index in [-0.39, 0.29) is 22.0 Å². The van der Waals surface area contributed by atoms with E-state index in [1.165, 1.54) is 12.1 Å². The number of halogens is 7. The van der Waals surface area contributed by atoms with Crippen LogP contribution in [0.25, 0.3) is 133 Å². The van der Waals surface area contributed by atoms with Crippen LogP contribution in [0.5, 0.6) is 0 Å². The molecule has 0 radical (unpaired) electrons. The van der Waals surface area contributed by atoms with E-state index in [2.05, 4.69) is 158 Å². The first-order valence-electron chi connectivity index (χ1n) is 41.4. The molecule has 12 N–H and O–H groups in total. The molecule has 2 amide bonds. The molecule has 0 atom stereocenters. The van der Waals surface area contributed by atoms with Gasteiger partial charge < -0.3 is 47.9 Å². The third kappa shape index (κ3) is 21.7. The molecule has 135 heavy (non-hydrogen) atoms. The van der Waals surface area contributed by atoms with Gasteiger partial charge in [0, 0.05) is 188 Å². The highest BCUT2D eigenvalue weighted by Gasteiger charge is 2.17. The number of benzene rings is 9. The summed E-state index contributed by atoms with van der Waals surface area (Å²) < 4.78 is 26.8. The molecule has 0 aliphatic rings. The number of H-pyrrole nitrogens is 3. The number of pyridine rings is 9. The van der Waals surface area contributed by atoms with Crippen molar-refractivity contribution in [3.63, 3.8) is 0 Å². The zero-order chi connectivity index (χ0) is 92.7. The summed E-state index contributed by atoms with van der Waals surface area (Å²) in [4.78, 5) is 61.7. The summed E-state index contributed by atoms with van der Waals surface area (Å²) in [6.07, 6.45) is 29.5. The van der Waals surface area contributed by atoms with Crippen LogP contribution in [-0.4, -0.2) is 104 Å². The van der Waals surface area contributed by atoms with Gasteiger partial charge in [-0.1, -0.05) is 119 Å². The predicted octanol–water partition coefficient (Wildman–Crippen LogP) is 25.9. The molecular formula is C101H71Cl5F2N26O. The van der Waals surface area contributed by atoms with E-state index in [1.807, 2.05) is 188 Å². The maximum atomic E-state index is 13.5. The summed E-state index contributed by atoms with van der Waals surface area (Å²) in [5.41, 5.74) is 30.9. The Hall–Kier alpha value is -17.1. The van der Waals surface area contributed by atoms with Crippen molar-refractivity contribution in [2.75, 3.05) is 44.7 Å². The molecule has 0 saturated carbocycles. The molecule has 9 aromatic carbocycles. The number of amides is 2. The van der Waals surface area contributed by atoms with E-state index in [4.69, 9.17) is 63.7 Å². The summed E-state index contributed by atoms with van der Waals surface area (Å²) in [6, 6.07) is 73.9. The SMILES string of the molecule is CNC(=O)Nc1ccc(-c2ccc3nccc(Nc4cncc(Cl)c4)c3c2)cc1.Clc1cncc(Nc2ccnc3ccc(-c4cnc5[nH]ccc5c4)cc23)c1.Fc1ccc(Nc2ccnc3ccc(-c4cccc(-c5nn[nH]n5)c4)cc23)cc1Cl.Fc1ccc(Nc2ccnc3ccc(-c4cn[nH]c4)cc23)cc1Cl.Nc1ncc(-c2ccc3nccc(Nc4cncc(Cl)c4)c3c2)cn1. The number of hydrogen-bond donors (Lipinski definition) is 11. The smallest absolute Gasteiger partial charge is 0.318 e. The molecule has 0 spiro atoms. The molecule has 0 bridgehead atoms. The maximum absolute atomic E-state index is 13.5. The third-order valence-corrected chi connectivity index (χ3v) is 22.3. The topological polar surface area (TPSA) is 368 Å². The van der Waals surface area contributed by atoms with Crippen LogP contribution >= 0.6 is 58.0 Å². The van der Waals surface area contributed by atoms with E-state index in [9.17, 15) is 13.6 Å². The quantitative estimate of drug-likeness (QED) is 0.0403. The number of aromatic amines is 3. The molecule has 0 unspecified atom stereocenters. The van der Waals surface area contributed by atoms with Gasteiger partial charge in [0.1, 0.15) is 17.3 Å². The molecule has 13 aromatic heterocycles. The average Bonchev–Trinajstić information content (AvgIpc) is 1.74. The second-order valence-corrected chi connectivity index (χ2v) is 32.2. The zero-order valence-corrected chi connectivity index (χ0v) is 74.5. The Kier molecular flexibility index (Phi) is 26.8. The Labute approximate surface area is 792 Å². The van der Waals surface area contributed by atoms with Crippen LogP contribution in [0.4, 0.5) is 82.1 Å². The first-order valence-corrected chi connectivity index (χ1v) is 43.3. The highest BCUT2D eigenvalue weighted by atomic mass is 35.5.